The maximum atomic E-state index is 12.7. The van der Waals surface area contributed by atoms with Crippen LogP contribution in [0, 0.1) is 0 Å². The average Bonchev–Trinajstić information content (AvgIpc) is 3.22. The molecule has 0 aliphatic rings. The number of H-pyrrole nitrogens is 1. The van der Waals surface area contributed by atoms with Crippen molar-refractivity contribution in [2.24, 2.45) is 11.5 Å². The predicted molar refractivity (Wildman–Crippen MR) is 131 cm³/mol. The average molecular weight is 507 g/mol. The second-order valence-electron chi connectivity index (χ2n) is 8.05. The molecule has 4 amide bonds. The number of para-hydroxylation sites is 1. The number of nitrogens with one attached hydrogen (secondary N) is 4. The molecule has 1 aromatic heterocycles. The van der Waals surface area contributed by atoms with Crippen LogP contribution in [-0.4, -0.2) is 69.6 Å². The van der Waals surface area contributed by atoms with Crippen LogP contribution < -0.4 is 27.4 Å². The highest BCUT2D eigenvalue weighted by molar-refractivity contribution is 7.80. The Morgan fingerprint density at radius 3 is 2.31 bits per heavy atom. The number of fused-ring (bicyclic) bond motifs is 1. The fourth-order valence-electron chi connectivity index (χ4n) is 3.30. The summed E-state index contributed by atoms with van der Waals surface area (Å²) >= 11 is 4.08. The second kappa shape index (κ2) is 12.8. The zero-order valence-corrected chi connectivity index (χ0v) is 20.0. The molecule has 190 valence electrons. The SMILES string of the molecule is CC(NC(=O)C(N)CCC(N)=O)C(=O)NC(CS)C(=O)NC(Cc1c[nH]c2ccccc12)C(=O)O. The number of hydrogen-bond donors (Lipinski definition) is 8. The number of benzene rings is 1. The Kier molecular flexibility index (Phi) is 10.1. The van der Waals surface area contributed by atoms with Crippen molar-refractivity contribution in [2.45, 2.75) is 50.4 Å². The van der Waals surface area contributed by atoms with E-state index in [1.54, 1.807) is 6.20 Å². The molecular weight excluding hydrogens is 476 g/mol. The van der Waals surface area contributed by atoms with Gasteiger partial charge in [0.05, 0.1) is 6.04 Å². The van der Waals surface area contributed by atoms with Gasteiger partial charge in [0.1, 0.15) is 18.1 Å². The topological polar surface area (TPSA) is 209 Å². The molecule has 4 atom stereocenters. The van der Waals surface area contributed by atoms with Gasteiger partial charge in [0.2, 0.25) is 23.6 Å². The second-order valence-corrected chi connectivity index (χ2v) is 8.41. The molecule has 1 aromatic carbocycles. The van der Waals surface area contributed by atoms with Crippen molar-refractivity contribution in [3.05, 3.63) is 36.0 Å². The van der Waals surface area contributed by atoms with E-state index >= 15 is 0 Å². The third kappa shape index (κ3) is 8.00. The van der Waals surface area contributed by atoms with Gasteiger partial charge in [-0.05, 0) is 25.0 Å². The van der Waals surface area contributed by atoms with Gasteiger partial charge in [0.25, 0.3) is 0 Å². The number of carbonyl (C=O) groups is 5. The molecule has 2 rings (SSSR count). The summed E-state index contributed by atoms with van der Waals surface area (Å²) in [7, 11) is 0. The summed E-state index contributed by atoms with van der Waals surface area (Å²) in [6.07, 6.45) is 1.64. The number of aromatic amines is 1. The van der Waals surface area contributed by atoms with E-state index in [1.165, 1.54) is 6.92 Å². The van der Waals surface area contributed by atoms with Crippen LogP contribution in [-0.2, 0) is 30.4 Å². The molecule has 2 aromatic rings. The lowest BCUT2D eigenvalue weighted by molar-refractivity contribution is -0.142. The highest BCUT2D eigenvalue weighted by atomic mass is 32.1. The minimum absolute atomic E-state index is 0.0180. The van der Waals surface area contributed by atoms with Gasteiger partial charge in [-0.3, -0.25) is 19.2 Å². The Labute approximate surface area is 207 Å². The summed E-state index contributed by atoms with van der Waals surface area (Å²) in [6.45, 7) is 1.39. The molecule has 0 radical (unpaired) electrons. The van der Waals surface area contributed by atoms with Crippen molar-refractivity contribution < 1.29 is 29.1 Å². The lowest BCUT2D eigenvalue weighted by Gasteiger charge is -2.22. The van der Waals surface area contributed by atoms with Crippen LogP contribution in [0.25, 0.3) is 10.9 Å². The van der Waals surface area contributed by atoms with Gasteiger partial charge < -0.3 is 37.5 Å². The number of aromatic nitrogens is 1. The van der Waals surface area contributed by atoms with Crippen LogP contribution in [0.4, 0.5) is 0 Å². The first-order valence-electron chi connectivity index (χ1n) is 10.9. The molecule has 0 fully saturated rings. The van der Waals surface area contributed by atoms with Crippen LogP contribution in [0.15, 0.2) is 30.5 Å². The van der Waals surface area contributed by atoms with Crippen LogP contribution in [0.3, 0.4) is 0 Å². The third-order valence-electron chi connectivity index (χ3n) is 5.32. The standard InChI is InChI=1S/C22H30N6O6S/c1-11(26-20(31)14(23)6-7-18(24)29)19(30)28-17(10-35)21(32)27-16(22(33)34)8-12-9-25-15-5-3-2-4-13(12)15/h2-5,9,11,14,16-17,25,35H,6-8,10,23H2,1H3,(H2,24,29)(H,26,31)(H,27,32)(H,28,30)(H,33,34). The summed E-state index contributed by atoms with van der Waals surface area (Å²) in [6, 6.07) is 2.86. The number of carboxylic acids is 1. The normalized spacial score (nSPS) is 14.4. The maximum Gasteiger partial charge on any atom is 0.326 e. The van der Waals surface area contributed by atoms with Gasteiger partial charge in [0.15, 0.2) is 0 Å². The monoisotopic (exact) mass is 506 g/mol. The molecule has 1 heterocycles. The van der Waals surface area contributed by atoms with Crippen LogP contribution in [0.1, 0.15) is 25.3 Å². The molecule has 35 heavy (non-hydrogen) atoms. The van der Waals surface area contributed by atoms with Crippen molar-refractivity contribution in [3.8, 4) is 0 Å². The Morgan fingerprint density at radius 1 is 1.03 bits per heavy atom. The smallest absolute Gasteiger partial charge is 0.326 e. The van der Waals surface area contributed by atoms with Gasteiger partial charge in [-0.2, -0.15) is 12.6 Å². The van der Waals surface area contributed by atoms with E-state index in [9.17, 15) is 29.1 Å². The van der Waals surface area contributed by atoms with Crippen LogP contribution >= 0.6 is 12.6 Å². The van der Waals surface area contributed by atoms with Crippen LogP contribution in [0.2, 0.25) is 0 Å². The first kappa shape index (κ1) is 27.7. The zero-order chi connectivity index (χ0) is 26.1. The summed E-state index contributed by atoms with van der Waals surface area (Å²) in [5, 5.41) is 17.7. The summed E-state index contributed by atoms with van der Waals surface area (Å²) in [4.78, 5) is 63.0. The first-order valence-corrected chi connectivity index (χ1v) is 11.5. The summed E-state index contributed by atoms with van der Waals surface area (Å²) < 4.78 is 0. The molecule has 0 aliphatic carbocycles. The maximum absolute atomic E-state index is 12.7. The lowest BCUT2D eigenvalue weighted by atomic mass is 10.0. The number of carboxylic acid groups (broad SMARTS) is 1. The molecule has 0 saturated carbocycles. The minimum Gasteiger partial charge on any atom is -0.480 e. The van der Waals surface area contributed by atoms with Gasteiger partial charge >= 0.3 is 5.97 Å². The minimum atomic E-state index is -1.25. The molecule has 0 aliphatic heterocycles. The molecular formula is C22H30N6O6S. The molecule has 12 nitrogen and oxygen atoms in total. The van der Waals surface area contributed by atoms with Crippen molar-refractivity contribution in [1.82, 2.24) is 20.9 Å². The van der Waals surface area contributed by atoms with Gasteiger partial charge in [0, 0.05) is 35.7 Å². The van der Waals surface area contributed by atoms with E-state index in [4.69, 9.17) is 11.5 Å². The fourth-order valence-corrected chi connectivity index (χ4v) is 3.56. The van der Waals surface area contributed by atoms with Crippen molar-refractivity contribution in [3.63, 3.8) is 0 Å². The van der Waals surface area contributed by atoms with E-state index in [1.807, 2.05) is 24.3 Å². The highest BCUT2D eigenvalue weighted by Gasteiger charge is 2.28. The van der Waals surface area contributed by atoms with Gasteiger partial charge in [-0.25, -0.2) is 4.79 Å². The highest BCUT2D eigenvalue weighted by Crippen LogP contribution is 2.19. The number of hydrogen-bond acceptors (Lipinski definition) is 7. The third-order valence-corrected chi connectivity index (χ3v) is 5.68. The Hall–Kier alpha value is -3.58. The fraction of sp³-hybridized carbons (Fsp3) is 0.409. The molecule has 0 bridgehead atoms. The Morgan fingerprint density at radius 2 is 1.69 bits per heavy atom. The number of amides is 4. The number of thiol groups is 1. The van der Waals surface area contributed by atoms with Gasteiger partial charge in [-0.15, -0.1) is 0 Å². The summed E-state index contributed by atoms with van der Waals surface area (Å²) in [5.74, 6) is -4.05. The summed E-state index contributed by atoms with van der Waals surface area (Å²) in [5.41, 5.74) is 12.3. The largest absolute Gasteiger partial charge is 0.480 e. The number of aliphatic carboxylic acids is 1. The van der Waals surface area contributed by atoms with Crippen molar-refractivity contribution in [2.75, 3.05) is 5.75 Å². The number of carbonyl (C=O) groups excluding carboxylic acids is 4. The lowest BCUT2D eigenvalue weighted by Crippen LogP contribution is -2.57. The molecule has 9 N–H and O–H groups in total. The first-order chi connectivity index (χ1) is 16.5. The van der Waals surface area contributed by atoms with E-state index in [0.29, 0.717) is 5.56 Å². The Bertz CT molecular complexity index is 1090. The molecule has 0 spiro atoms. The van der Waals surface area contributed by atoms with E-state index in [0.717, 1.165) is 10.9 Å². The van der Waals surface area contributed by atoms with Crippen molar-refractivity contribution in [1.29, 1.82) is 0 Å². The van der Waals surface area contributed by atoms with Crippen LogP contribution in [0.5, 0.6) is 0 Å². The van der Waals surface area contributed by atoms with E-state index in [-0.39, 0.29) is 25.0 Å². The number of rotatable bonds is 13. The molecule has 0 saturated heterocycles. The Balaban J connectivity index is 1.97. The number of primary amides is 1. The molecule has 4 unspecified atom stereocenters. The van der Waals surface area contributed by atoms with Crippen molar-refractivity contribution >= 4 is 53.1 Å². The predicted octanol–water partition coefficient (Wildman–Crippen LogP) is -1.21. The van der Waals surface area contributed by atoms with Gasteiger partial charge in [-0.1, -0.05) is 18.2 Å². The molecule has 13 heteroatoms. The van der Waals surface area contributed by atoms with E-state index in [2.05, 4.69) is 33.6 Å². The quantitative estimate of drug-likeness (QED) is 0.155. The zero-order valence-electron chi connectivity index (χ0n) is 19.1. The number of nitrogens with two attached hydrogens (primary N) is 2. The van der Waals surface area contributed by atoms with E-state index < -0.39 is 53.8 Å².